The summed E-state index contributed by atoms with van der Waals surface area (Å²) in [6.07, 6.45) is 4.24. The van der Waals surface area contributed by atoms with Gasteiger partial charge in [0.1, 0.15) is 10.7 Å². The van der Waals surface area contributed by atoms with E-state index < -0.39 is 0 Å². The predicted octanol–water partition coefficient (Wildman–Crippen LogP) is 2.25. The summed E-state index contributed by atoms with van der Waals surface area (Å²) in [7, 11) is 0. The maximum Gasteiger partial charge on any atom is 0.222 e. The van der Waals surface area contributed by atoms with Gasteiger partial charge >= 0.3 is 0 Å². The Bertz CT molecular complexity index is 528. The highest BCUT2D eigenvalue weighted by Crippen LogP contribution is 2.30. The van der Waals surface area contributed by atoms with Crippen LogP contribution in [0.5, 0.6) is 0 Å². The lowest BCUT2D eigenvalue weighted by atomic mass is 9.85. The van der Waals surface area contributed by atoms with Crippen molar-refractivity contribution in [3.8, 4) is 0 Å². The molecule has 1 aromatic heterocycles. The van der Waals surface area contributed by atoms with Crippen LogP contribution in [0, 0.1) is 5.41 Å². The summed E-state index contributed by atoms with van der Waals surface area (Å²) in [4.78, 5) is 18.6. The molecule has 1 aliphatic rings. The van der Waals surface area contributed by atoms with E-state index in [1.807, 2.05) is 17.0 Å². The van der Waals surface area contributed by atoms with Gasteiger partial charge in [0, 0.05) is 31.3 Å². The maximum absolute atomic E-state index is 12.2. The van der Waals surface area contributed by atoms with Crippen LogP contribution >= 0.6 is 12.2 Å². The normalized spacial score (nSPS) is 18.7. The molecule has 20 heavy (non-hydrogen) atoms. The van der Waals surface area contributed by atoms with Crippen molar-refractivity contribution in [3.63, 3.8) is 0 Å². The Balaban J connectivity index is 2.17. The predicted molar refractivity (Wildman–Crippen MR) is 83.2 cm³/mol. The first-order valence-corrected chi connectivity index (χ1v) is 7.31. The highest BCUT2D eigenvalue weighted by atomic mass is 32.1. The fourth-order valence-corrected chi connectivity index (χ4v) is 2.64. The Hall–Kier alpha value is -1.49. The van der Waals surface area contributed by atoms with E-state index in [1.165, 1.54) is 0 Å². The molecule has 5 heteroatoms. The lowest BCUT2D eigenvalue weighted by Crippen LogP contribution is -2.31. The zero-order chi connectivity index (χ0) is 14.8. The number of aromatic nitrogens is 1. The number of rotatable bonds is 3. The third kappa shape index (κ3) is 3.54. The van der Waals surface area contributed by atoms with Crippen molar-refractivity contribution in [3.05, 3.63) is 29.6 Å². The number of thiocarbonyl (C=S) groups is 1. The molecule has 2 rings (SSSR count). The van der Waals surface area contributed by atoms with E-state index in [0.29, 0.717) is 18.7 Å². The first kappa shape index (κ1) is 14.9. The number of carbonyl (C=O) groups excluding carboxylic acids is 1. The van der Waals surface area contributed by atoms with Crippen LogP contribution < -0.4 is 5.73 Å². The topological polar surface area (TPSA) is 59.2 Å². The summed E-state index contributed by atoms with van der Waals surface area (Å²) in [6.45, 7) is 5.75. The summed E-state index contributed by atoms with van der Waals surface area (Å²) in [5.74, 6) is 0.202. The monoisotopic (exact) mass is 291 g/mol. The molecule has 1 aromatic rings. The molecule has 108 valence electrons. The lowest BCUT2D eigenvalue weighted by molar-refractivity contribution is -0.131. The molecular formula is C15H21N3OS. The van der Waals surface area contributed by atoms with Crippen LogP contribution in [0.15, 0.2) is 18.3 Å². The summed E-state index contributed by atoms with van der Waals surface area (Å²) < 4.78 is 0. The fourth-order valence-electron chi connectivity index (χ4n) is 2.45. The van der Waals surface area contributed by atoms with Crippen molar-refractivity contribution >= 4 is 23.1 Å². The van der Waals surface area contributed by atoms with Crippen LogP contribution in [0.4, 0.5) is 0 Å². The van der Waals surface area contributed by atoms with Gasteiger partial charge < -0.3 is 10.6 Å². The smallest absolute Gasteiger partial charge is 0.222 e. The molecular weight excluding hydrogens is 270 g/mol. The van der Waals surface area contributed by atoms with Gasteiger partial charge in [0.15, 0.2) is 0 Å². The van der Waals surface area contributed by atoms with Crippen molar-refractivity contribution in [1.29, 1.82) is 0 Å². The number of hydrogen-bond donors (Lipinski definition) is 1. The largest absolute Gasteiger partial charge is 0.388 e. The first-order chi connectivity index (χ1) is 9.39. The Morgan fingerprint density at radius 1 is 1.50 bits per heavy atom. The number of nitrogens with zero attached hydrogens (tertiary/aromatic N) is 2. The van der Waals surface area contributed by atoms with Crippen molar-refractivity contribution in [1.82, 2.24) is 9.88 Å². The van der Waals surface area contributed by atoms with Crippen molar-refractivity contribution < 1.29 is 4.79 Å². The minimum atomic E-state index is 0.202. The molecule has 1 aliphatic heterocycles. The van der Waals surface area contributed by atoms with Crippen molar-refractivity contribution in [2.75, 3.05) is 6.54 Å². The molecule has 0 aromatic carbocycles. The Morgan fingerprint density at radius 2 is 2.25 bits per heavy atom. The Labute approximate surface area is 125 Å². The number of amides is 1. The molecule has 0 atom stereocenters. The van der Waals surface area contributed by atoms with Crippen LogP contribution in [0.1, 0.15) is 44.4 Å². The third-order valence-electron chi connectivity index (χ3n) is 3.91. The second kappa shape index (κ2) is 5.87. The highest BCUT2D eigenvalue weighted by molar-refractivity contribution is 7.80. The molecule has 1 saturated heterocycles. The molecule has 1 fully saturated rings. The fraction of sp³-hybridized carbons (Fsp3) is 0.533. The summed E-state index contributed by atoms with van der Waals surface area (Å²) in [5.41, 5.74) is 7.47. The van der Waals surface area contributed by atoms with Gasteiger partial charge in [0.05, 0.1) is 0 Å². The van der Waals surface area contributed by atoms with Gasteiger partial charge in [-0.1, -0.05) is 32.1 Å². The lowest BCUT2D eigenvalue weighted by Gasteiger charge is -2.24. The number of nitrogens with two attached hydrogens (primary N) is 1. The number of carbonyl (C=O) groups is 1. The zero-order valence-corrected chi connectivity index (χ0v) is 12.9. The van der Waals surface area contributed by atoms with Crippen molar-refractivity contribution in [2.24, 2.45) is 11.1 Å². The Morgan fingerprint density at radius 3 is 2.95 bits per heavy atom. The van der Waals surface area contributed by atoms with Gasteiger partial charge in [-0.25, -0.2) is 0 Å². The average Bonchev–Trinajstić information content (AvgIpc) is 2.52. The van der Waals surface area contributed by atoms with Crippen LogP contribution in [0.2, 0.25) is 0 Å². The van der Waals surface area contributed by atoms with Gasteiger partial charge in [-0.3, -0.25) is 9.78 Å². The maximum atomic E-state index is 12.2. The summed E-state index contributed by atoms with van der Waals surface area (Å²) in [5, 5.41) is 0. The van der Waals surface area contributed by atoms with E-state index >= 15 is 0 Å². The van der Waals surface area contributed by atoms with Gasteiger partial charge in [-0.2, -0.15) is 0 Å². The van der Waals surface area contributed by atoms with Gasteiger partial charge in [0.25, 0.3) is 0 Å². The molecule has 4 nitrogen and oxygen atoms in total. The number of likely N-dealkylation sites (tertiary alicyclic amines) is 1. The van der Waals surface area contributed by atoms with Gasteiger partial charge in [0.2, 0.25) is 5.91 Å². The van der Waals surface area contributed by atoms with Crippen LogP contribution in [0.25, 0.3) is 0 Å². The van der Waals surface area contributed by atoms with Crippen LogP contribution in [-0.2, 0) is 11.3 Å². The van der Waals surface area contributed by atoms with Crippen molar-refractivity contribution in [2.45, 2.75) is 39.7 Å². The average molecular weight is 291 g/mol. The second-order valence-electron chi connectivity index (χ2n) is 6.10. The summed E-state index contributed by atoms with van der Waals surface area (Å²) >= 11 is 5.02. The first-order valence-electron chi connectivity index (χ1n) is 6.90. The minimum absolute atomic E-state index is 0.202. The SMILES string of the molecule is CC1(C)CCC(=O)N(Cc2cccnc2C(N)=S)CC1. The molecule has 0 bridgehead atoms. The van der Waals surface area contributed by atoms with E-state index in [2.05, 4.69) is 18.8 Å². The molecule has 0 radical (unpaired) electrons. The van der Waals surface area contributed by atoms with Gasteiger partial charge in [-0.15, -0.1) is 0 Å². The van der Waals surface area contributed by atoms with E-state index in [1.54, 1.807) is 6.20 Å². The molecule has 0 unspecified atom stereocenters. The second-order valence-corrected chi connectivity index (χ2v) is 6.54. The molecule has 2 N–H and O–H groups in total. The zero-order valence-electron chi connectivity index (χ0n) is 12.1. The number of pyridine rings is 1. The van der Waals surface area contributed by atoms with Gasteiger partial charge in [-0.05, 0) is 24.3 Å². The quantitative estimate of drug-likeness (QED) is 0.868. The van der Waals surface area contributed by atoms with E-state index in [4.69, 9.17) is 18.0 Å². The van der Waals surface area contributed by atoms with Crippen LogP contribution in [-0.4, -0.2) is 27.3 Å². The van der Waals surface area contributed by atoms with Crippen LogP contribution in [0.3, 0.4) is 0 Å². The molecule has 2 heterocycles. The molecule has 0 saturated carbocycles. The third-order valence-corrected chi connectivity index (χ3v) is 4.11. The molecule has 1 amide bonds. The highest BCUT2D eigenvalue weighted by Gasteiger charge is 2.27. The van der Waals surface area contributed by atoms with E-state index in [9.17, 15) is 4.79 Å². The standard InChI is InChI=1S/C15H21N3OS/c1-15(2)6-5-12(19)18(9-7-15)10-11-4-3-8-17-13(11)14(16)20/h3-4,8H,5-7,9-10H2,1-2H3,(H2,16,20). The number of hydrogen-bond acceptors (Lipinski definition) is 3. The molecule has 0 aliphatic carbocycles. The minimum Gasteiger partial charge on any atom is -0.388 e. The van der Waals surface area contributed by atoms with E-state index in [-0.39, 0.29) is 16.3 Å². The van der Waals surface area contributed by atoms with E-state index in [0.717, 1.165) is 24.9 Å². The summed E-state index contributed by atoms with van der Waals surface area (Å²) in [6, 6.07) is 3.79. The Kier molecular flexibility index (Phi) is 4.38. The molecule has 0 spiro atoms.